The van der Waals surface area contributed by atoms with Crippen LogP contribution in [-0.2, 0) is 0 Å². The normalized spacial score (nSPS) is 12.7. The van der Waals surface area contributed by atoms with E-state index in [0.29, 0.717) is 24.2 Å². The number of nitrogens with zero attached hydrogens (tertiary/aromatic N) is 2. The van der Waals surface area contributed by atoms with E-state index in [1.54, 1.807) is 7.11 Å². The summed E-state index contributed by atoms with van der Waals surface area (Å²) in [6.07, 6.45) is 0. The minimum Gasteiger partial charge on any atom is -0.497 e. The molecular formula is C14H19N3O2. The maximum Gasteiger partial charge on any atom is 0.231 e. The Bertz CT molecular complexity index is 520. The Hall–Kier alpha value is -1.88. The first-order valence-electron chi connectivity index (χ1n) is 6.33. The molecule has 0 fully saturated rings. The molecule has 0 spiro atoms. The second-order valence-corrected chi connectivity index (χ2v) is 4.77. The number of aromatic nitrogens is 2. The maximum atomic E-state index is 5.75. The molecule has 0 aliphatic carbocycles. The van der Waals surface area contributed by atoms with Gasteiger partial charge >= 0.3 is 0 Å². The van der Waals surface area contributed by atoms with E-state index in [-0.39, 0.29) is 5.92 Å². The van der Waals surface area contributed by atoms with Crippen LogP contribution in [0.3, 0.4) is 0 Å². The van der Waals surface area contributed by atoms with Gasteiger partial charge in [-0.25, -0.2) is 0 Å². The summed E-state index contributed by atoms with van der Waals surface area (Å²) in [4.78, 5) is 4.43. The Morgan fingerprint density at radius 3 is 2.47 bits per heavy atom. The summed E-state index contributed by atoms with van der Waals surface area (Å²) in [7, 11) is 1.63. The standard InChI is InChI=1S/C14H19N3O2/c1-9(2)12(8-15)14-16-13(17-19-14)10-4-6-11(18-3)7-5-10/h4-7,9,12H,8,15H2,1-3H3. The van der Waals surface area contributed by atoms with Crippen LogP contribution >= 0.6 is 0 Å². The van der Waals surface area contributed by atoms with Gasteiger partial charge in [-0.05, 0) is 30.2 Å². The lowest BCUT2D eigenvalue weighted by molar-refractivity contribution is 0.324. The van der Waals surface area contributed by atoms with Crippen molar-refractivity contribution in [2.75, 3.05) is 13.7 Å². The molecule has 5 heteroatoms. The Balaban J connectivity index is 2.24. The summed E-state index contributed by atoms with van der Waals surface area (Å²) in [5.74, 6) is 2.45. The quantitative estimate of drug-likeness (QED) is 0.894. The van der Waals surface area contributed by atoms with Crippen molar-refractivity contribution in [3.63, 3.8) is 0 Å². The van der Waals surface area contributed by atoms with Crippen molar-refractivity contribution in [1.82, 2.24) is 10.1 Å². The lowest BCUT2D eigenvalue weighted by atomic mass is 9.96. The predicted molar refractivity (Wildman–Crippen MR) is 72.9 cm³/mol. The van der Waals surface area contributed by atoms with Crippen LogP contribution in [0.4, 0.5) is 0 Å². The lowest BCUT2D eigenvalue weighted by Crippen LogP contribution is -2.18. The van der Waals surface area contributed by atoms with Gasteiger partial charge in [0.05, 0.1) is 13.0 Å². The Morgan fingerprint density at radius 2 is 1.95 bits per heavy atom. The van der Waals surface area contributed by atoms with E-state index >= 15 is 0 Å². The van der Waals surface area contributed by atoms with Gasteiger partial charge in [0.1, 0.15) is 5.75 Å². The van der Waals surface area contributed by atoms with E-state index in [9.17, 15) is 0 Å². The molecule has 0 aliphatic heterocycles. The number of nitrogens with two attached hydrogens (primary N) is 1. The third kappa shape index (κ3) is 2.93. The predicted octanol–water partition coefficient (Wildman–Crippen LogP) is 2.44. The number of benzene rings is 1. The SMILES string of the molecule is COc1ccc(-c2noc(C(CN)C(C)C)n2)cc1. The Morgan fingerprint density at radius 1 is 1.26 bits per heavy atom. The third-order valence-corrected chi connectivity index (χ3v) is 3.17. The van der Waals surface area contributed by atoms with Gasteiger partial charge < -0.3 is 15.0 Å². The highest BCUT2D eigenvalue weighted by atomic mass is 16.5. The van der Waals surface area contributed by atoms with E-state index in [1.807, 2.05) is 24.3 Å². The largest absolute Gasteiger partial charge is 0.497 e. The maximum absolute atomic E-state index is 5.75. The van der Waals surface area contributed by atoms with Crippen LogP contribution in [0.5, 0.6) is 5.75 Å². The summed E-state index contributed by atoms with van der Waals surface area (Å²) in [5, 5.41) is 4.01. The molecule has 1 atom stereocenters. The van der Waals surface area contributed by atoms with Crippen LogP contribution in [0.15, 0.2) is 28.8 Å². The topological polar surface area (TPSA) is 74.2 Å². The molecule has 0 amide bonds. The monoisotopic (exact) mass is 261 g/mol. The third-order valence-electron chi connectivity index (χ3n) is 3.17. The molecule has 1 heterocycles. The van der Waals surface area contributed by atoms with Crippen LogP contribution in [-0.4, -0.2) is 23.8 Å². The van der Waals surface area contributed by atoms with Gasteiger partial charge in [-0.15, -0.1) is 0 Å². The van der Waals surface area contributed by atoms with Gasteiger partial charge in [-0.2, -0.15) is 4.98 Å². The molecule has 5 nitrogen and oxygen atoms in total. The van der Waals surface area contributed by atoms with Crippen molar-refractivity contribution in [3.05, 3.63) is 30.2 Å². The van der Waals surface area contributed by atoms with Crippen molar-refractivity contribution < 1.29 is 9.26 Å². The number of methoxy groups -OCH3 is 1. The van der Waals surface area contributed by atoms with Crippen molar-refractivity contribution in [1.29, 1.82) is 0 Å². The van der Waals surface area contributed by atoms with Crippen LogP contribution in [0.1, 0.15) is 25.7 Å². The second kappa shape index (κ2) is 5.84. The molecule has 0 bridgehead atoms. The molecule has 102 valence electrons. The van der Waals surface area contributed by atoms with Crippen LogP contribution in [0.25, 0.3) is 11.4 Å². The van der Waals surface area contributed by atoms with E-state index < -0.39 is 0 Å². The fourth-order valence-electron chi connectivity index (χ4n) is 1.90. The van der Waals surface area contributed by atoms with Crippen LogP contribution < -0.4 is 10.5 Å². The molecule has 2 N–H and O–H groups in total. The zero-order valence-corrected chi connectivity index (χ0v) is 11.5. The van der Waals surface area contributed by atoms with Crippen LogP contribution in [0.2, 0.25) is 0 Å². The lowest BCUT2D eigenvalue weighted by Gasteiger charge is -2.13. The van der Waals surface area contributed by atoms with E-state index in [1.165, 1.54) is 0 Å². The average Bonchev–Trinajstić information content (AvgIpc) is 2.89. The van der Waals surface area contributed by atoms with E-state index in [2.05, 4.69) is 24.0 Å². The fourth-order valence-corrected chi connectivity index (χ4v) is 1.90. The molecular weight excluding hydrogens is 242 g/mol. The van der Waals surface area contributed by atoms with Gasteiger partial charge in [0.15, 0.2) is 0 Å². The van der Waals surface area contributed by atoms with E-state index in [0.717, 1.165) is 11.3 Å². The molecule has 0 saturated carbocycles. The van der Waals surface area contributed by atoms with Crippen molar-refractivity contribution >= 4 is 0 Å². The van der Waals surface area contributed by atoms with Gasteiger partial charge in [-0.3, -0.25) is 0 Å². The zero-order chi connectivity index (χ0) is 13.8. The first-order chi connectivity index (χ1) is 9.15. The first kappa shape index (κ1) is 13.5. The number of hydrogen-bond acceptors (Lipinski definition) is 5. The summed E-state index contributed by atoms with van der Waals surface area (Å²) >= 11 is 0. The molecule has 1 unspecified atom stereocenters. The highest BCUT2D eigenvalue weighted by molar-refractivity contribution is 5.55. The number of hydrogen-bond donors (Lipinski definition) is 1. The molecule has 0 aliphatic rings. The Labute approximate surface area is 112 Å². The summed E-state index contributed by atoms with van der Waals surface area (Å²) in [6, 6.07) is 7.54. The summed E-state index contributed by atoms with van der Waals surface area (Å²) < 4.78 is 10.4. The van der Waals surface area contributed by atoms with Crippen molar-refractivity contribution in [2.24, 2.45) is 11.7 Å². The van der Waals surface area contributed by atoms with Gasteiger partial charge in [-0.1, -0.05) is 19.0 Å². The molecule has 0 radical (unpaired) electrons. The zero-order valence-electron chi connectivity index (χ0n) is 11.5. The number of ether oxygens (including phenoxy) is 1. The minimum absolute atomic E-state index is 0.0968. The Kier molecular flexibility index (Phi) is 4.16. The molecule has 19 heavy (non-hydrogen) atoms. The fraction of sp³-hybridized carbons (Fsp3) is 0.429. The van der Waals surface area contributed by atoms with Crippen LogP contribution in [0, 0.1) is 5.92 Å². The molecule has 0 saturated heterocycles. The number of rotatable bonds is 5. The second-order valence-electron chi connectivity index (χ2n) is 4.77. The van der Waals surface area contributed by atoms with Crippen molar-refractivity contribution in [3.8, 4) is 17.1 Å². The average molecular weight is 261 g/mol. The smallest absolute Gasteiger partial charge is 0.231 e. The molecule has 2 aromatic rings. The van der Waals surface area contributed by atoms with Gasteiger partial charge in [0.25, 0.3) is 0 Å². The van der Waals surface area contributed by atoms with Gasteiger partial charge in [0, 0.05) is 12.1 Å². The van der Waals surface area contributed by atoms with E-state index in [4.69, 9.17) is 15.0 Å². The molecule has 1 aromatic heterocycles. The highest BCUT2D eigenvalue weighted by Gasteiger charge is 2.21. The minimum atomic E-state index is 0.0968. The summed E-state index contributed by atoms with van der Waals surface area (Å²) in [5.41, 5.74) is 6.65. The summed E-state index contributed by atoms with van der Waals surface area (Å²) in [6.45, 7) is 4.69. The van der Waals surface area contributed by atoms with Gasteiger partial charge in [0.2, 0.25) is 11.7 Å². The first-order valence-corrected chi connectivity index (χ1v) is 6.33. The molecule has 2 rings (SSSR count). The molecule has 1 aromatic carbocycles. The van der Waals surface area contributed by atoms with Crippen molar-refractivity contribution in [2.45, 2.75) is 19.8 Å². The highest BCUT2D eigenvalue weighted by Crippen LogP contribution is 2.25.